The van der Waals surface area contributed by atoms with Crippen molar-refractivity contribution in [1.29, 1.82) is 0 Å². The van der Waals surface area contributed by atoms with Gasteiger partial charge in [0.25, 0.3) is 0 Å². The van der Waals surface area contributed by atoms with Crippen LogP contribution in [0.15, 0.2) is 47.6 Å². The maximum atomic E-state index is 6.20. The number of hydrogen-bond acceptors (Lipinski definition) is 3. The second kappa shape index (κ2) is 6.03. The van der Waals surface area contributed by atoms with Crippen LogP contribution in [0.4, 0.5) is 0 Å². The number of hydrogen-bond donors (Lipinski definition) is 1. The highest BCUT2D eigenvalue weighted by Crippen LogP contribution is 2.25. The molecule has 0 fully saturated rings. The van der Waals surface area contributed by atoms with Crippen LogP contribution in [-0.2, 0) is 0 Å². The van der Waals surface area contributed by atoms with E-state index in [1.165, 1.54) is 10.5 Å². The second-order valence-electron chi connectivity index (χ2n) is 4.48. The fourth-order valence-electron chi connectivity index (χ4n) is 1.78. The molecule has 0 aliphatic heterocycles. The zero-order valence-corrected chi connectivity index (χ0v) is 11.6. The molecule has 2 aromatic rings. The van der Waals surface area contributed by atoms with E-state index >= 15 is 0 Å². The molecule has 0 amide bonds. The summed E-state index contributed by atoms with van der Waals surface area (Å²) in [6.07, 6.45) is 3.71. The smallest absolute Gasteiger partial charge is 0.0405 e. The maximum Gasteiger partial charge on any atom is 0.0405 e. The molecule has 0 aliphatic rings. The van der Waals surface area contributed by atoms with Gasteiger partial charge in [-0.25, -0.2) is 0 Å². The van der Waals surface area contributed by atoms with Gasteiger partial charge in [0.1, 0.15) is 0 Å². The summed E-state index contributed by atoms with van der Waals surface area (Å²) >= 11 is 1.80. The minimum Gasteiger partial charge on any atom is -0.323 e. The third-order valence-corrected chi connectivity index (χ3v) is 4.13. The number of aromatic nitrogens is 1. The molecule has 0 saturated carbocycles. The van der Waals surface area contributed by atoms with Gasteiger partial charge >= 0.3 is 0 Å². The molecule has 18 heavy (non-hydrogen) atoms. The van der Waals surface area contributed by atoms with Gasteiger partial charge < -0.3 is 5.73 Å². The lowest BCUT2D eigenvalue weighted by Gasteiger charge is -2.12. The summed E-state index contributed by atoms with van der Waals surface area (Å²) in [6, 6.07) is 10.5. The van der Waals surface area contributed by atoms with E-state index in [-0.39, 0.29) is 6.04 Å². The average molecular weight is 258 g/mol. The predicted molar refractivity (Wildman–Crippen MR) is 77.8 cm³/mol. The molecule has 3 heteroatoms. The Kier molecular flexibility index (Phi) is 4.39. The Bertz CT molecular complexity index is 525. The molecule has 1 aromatic heterocycles. The number of nitrogens with zero attached hydrogens (tertiary/aromatic N) is 1. The number of pyridine rings is 1. The summed E-state index contributed by atoms with van der Waals surface area (Å²) < 4.78 is 0. The van der Waals surface area contributed by atoms with Crippen LogP contribution in [0.2, 0.25) is 0 Å². The minimum absolute atomic E-state index is 0.0296. The van der Waals surface area contributed by atoms with E-state index in [4.69, 9.17) is 5.73 Å². The van der Waals surface area contributed by atoms with Gasteiger partial charge in [-0.15, -0.1) is 11.8 Å². The summed E-state index contributed by atoms with van der Waals surface area (Å²) in [6.45, 7) is 4.17. The minimum atomic E-state index is 0.0296. The molecule has 0 bridgehead atoms. The van der Waals surface area contributed by atoms with Gasteiger partial charge in [-0.3, -0.25) is 4.98 Å². The molecule has 1 unspecified atom stereocenters. The van der Waals surface area contributed by atoms with Crippen molar-refractivity contribution >= 4 is 11.8 Å². The third kappa shape index (κ3) is 3.34. The van der Waals surface area contributed by atoms with Crippen molar-refractivity contribution < 1.29 is 0 Å². The van der Waals surface area contributed by atoms with Crippen molar-refractivity contribution in [3.05, 3.63) is 59.4 Å². The van der Waals surface area contributed by atoms with E-state index in [0.29, 0.717) is 0 Å². The Morgan fingerprint density at radius 1 is 1.22 bits per heavy atom. The van der Waals surface area contributed by atoms with Crippen LogP contribution < -0.4 is 5.73 Å². The van der Waals surface area contributed by atoms with Gasteiger partial charge in [0.2, 0.25) is 0 Å². The van der Waals surface area contributed by atoms with Gasteiger partial charge in [-0.05, 0) is 36.6 Å². The van der Waals surface area contributed by atoms with Crippen LogP contribution in [-0.4, -0.2) is 10.7 Å². The quantitative estimate of drug-likeness (QED) is 0.853. The second-order valence-corrected chi connectivity index (χ2v) is 5.54. The van der Waals surface area contributed by atoms with Crippen molar-refractivity contribution in [2.45, 2.75) is 24.8 Å². The summed E-state index contributed by atoms with van der Waals surface area (Å²) in [7, 11) is 0. The molecule has 2 N–H and O–H groups in total. The van der Waals surface area contributed by atoms with Gasteiger partial charge in [0.15, 0.2) is 0 Å². The van der Waals surface area contributed by atoms with Crippen LogP contribution >= 0.6 is 11.8 Å². The van der Waals surface area contributed by atoms with Gasteiger partial charge in [0, 0.05) is 29.1 Å². The standard InChI is InChI=1S/C15H18N2S/c1-11-7-13(9-17-8-11)14(16)10-18-15-6-4-3-5-12(15)2/h3-9,14H,10,16H2,1-2H3. The molecule has 2 nitrogen and oxygen atoms in total. The first-order chi connectivity index (χ1) is 8.66. The van der Waals surface area contributed by atoms with E-state index in [9.17, 15) is 0 Å². The Hall–Kier alpha value is -1.32. The van der Waals surface area contributed by atoms with E-state index in [1.807, 2.05) is 19.3 Å². The summed E-state index contributed by atoms with van der Waals surface area (Å²) in [4.78, 5) is 5.49. The fourth-order valence-corrected chi connectivity index (χ4v) is 2.80. The molecule has 0 saturated heterocycles. The topological polar surface area (TPSA) is 38.9 Å². The Morgan fingerprint density at radius 2 is 2.00 bits per heavy atom. The number of benzene rings is 1. The molecule has 0 spiro atoms. The summed E-state index contributed by atoms with van der Waals surface area (Å²) in [5.41, 5.74) is 9.77. The van der Waals surface area contributed by atoms with Crippen LogP contribution in [0.3, 0.4) is 0 Å². The third-order valence-electron chi connectivity index (χ3n) is 2.84. The first kappa shape index (κ1) is 13.1. The molecular formula is C15H18N2S. The van der Waals surface area contributed by atoms with Crippen molar-refractivity contribution in [2.24, 2.45) is 5.73 Å². The highest BCUT2D eigenvalue weighted by atomic mass is 32.2. The lowest BCUT2D eigenvalue weighted by atomic mass is 10.1. The summed E-state index contributed by atoms with van der Waals surface area (Å²) in [5, 5.41) is 0. The van der Waals surface area contributed by atoms with E-state index in [0.717, 1.165) is 16.9 Å². The molecule has 94 valence electrons. The lowest BCUT2D eigenvalue weighted by molar-refractivity contribution is 0.822. The van der Waals surface area contributed by atoms with Gasteiger partial charge in [0.05, 0.1) is 0 Å². The molecular weight excluding hydrogens is 240 g/mol. The SMILES string of the molecule is Cc1cncc(C(N)CSc2ccccc2C)c1. The van der Waals surface area contributed by atoms with Crippen molar-refractivity contribution in [1.82, 2.24) is 4.98 Å². The Morgan fingerprint density at radius 3 is 2.72 bits per heavy atom. The normalized spacial score (nSPS) is 12.4. The maximum absolute atomic E-state index is 6.20. The first-order valence-corrected chi connectivity index (χ1v) is 7.01. The van der Waals surface area contributed by atoms with E-state index in [2.05, 4.69) is 42.2 Å². The van der Waals surface area contributed by atoms with Crippen molar-refractivity contribution in [3.8, 4) is 0 Å². The van der Waals surface area contributed by atoms with E-state index in [1.54, 1.807) is 11.8 Å². The molecule has 1 aromatic carbocycles. The van der Waals surface area contributed by atoms with Crippen molar-refractivity contribution in [2.75, 3.05) is 5.75 Å². The molecule has 0 aliphatic carbocycles. The number of aryl methyl sites for hydroxylation is 2. The fraction of sp³-hybridized carbons (Fsp3) is 0.267. The number of nitrogens with two attached hydrogens (primary N) is 1. The molecule has 2 rings (SSSR count). The van der Waals surface area contributed by atoms with Crippen LogP contribution in [0, 0.1) is 13.8 Å². The van der Waals surface area contributed by atoms with E-state index < -0.39 is 0 Å². The molecule has 1 heterocycles. The Labute approximate surface area is 113 Å². The van der Waals surface area contributed by atoms with Gasteiger partial charge in [-0.2, -0.15) is 0 Å². The molecule has 0 radical (unpaired) electrons. The first-order valence-electron chi connectivity index (χ1n) is 6.02. The van der Waals surface area contributed by atoms with Crippen molar-refractivity contribution in [3.63, 3.8) is 0 Å². The highest BCUT2D eigenvalue weighted by molar-refractivity contribution is 7.99. The Balaban J connectivity index is 2.00. The molecule has 1 atom stereocenters. The van der Waals surface area contributed by atoms with Gasteiger partial charge in [-0.1, -0.05) is 24.3 Å². The number of thioether (sulfide) groups is 1. The largest absolute Gasteiger partial charge is 0.323 e. The zero-order valence-electron chi connectivity index (χ0n) is 10.8. The van der Waals surface area contributed by atoms with Crippen LogP contribution in [0.25, 0.3) is 0 Å². The zero-order chi connectivity index (χ0) is 13.0. The monoisotopic (exact) mass is 258 g/mol. The highest BCUT2D eigenvalue weighted by Gasteiger charge is 2.08. The van der Waals surface area contributed by atoms with Crippen LogP contribution in [0.5, 0.6) is 0 Å². The average Bonchev–Trinajstić information content (AvgIpc) is 2.37. The van der Waals surface area contributed by atoms with Crippen LogP contribution in [0.1, 0.15) is 22.7 Å². The predicted octanol–water partition coefficient (Wildman–Crippen LogP) is 3.49. The number of rotatable bonds is 4. The summed E-state index contributed by atoms with van der Waals surface area (Å²) in [5.74, 6) is 0.871. The lowest BCUT2D eigenvalue weighted by Crippen LogP contribution is -2.13.